The number of hydrogen-bond donors (Lipinski definition) is 1. The van der Waals surface area contributed by atoms with Gasteiger partial charge in [-0.15, -0.1) is 0 Å². The number of aryl methyl sites for hydroxylation is 2. The summed E-state index contributed by atoms with van der Waals surface area (Å²) in [5.41, 5.74) is 9.67. The molecule has 0 bridgehead atoms. The van der Waals surface area contributed by atoms with Gasteiger partial charge in [0.15, 0.2) is 0 Å². The van der Waals surface area contributed by atoms with E-state index in [4.69, 9.17) is 0 Å². The van der Waals surface area contributed by atoms with Gasteiger partial charge in [0.2, 0.25) is 0 Å². The maximum atomic E-state index is 3.29. The van der Waals surface area contributed by atoms with Gasteiger partial charge in [-0.1, -0.05) is 30.3 Å². The molecular formula is C20H27N. The lowest BCUT2D eigenvalue weighted by atomic mass is 9.89. The van der Waals surface area contributed by atoms with Gasteiger partial charge in [0.05, 0.1) is 0 Å². The highest BCUT2D eigenvalue weighted by Gasteiger charge is 2.10. The SMILES string of the molecule is CNC(C)Cc1ccc(-c2c(C)c(C)cc(C)c2C)cc1. The molecule has 112 valence electrons. The maximum Gasteiger partial charge on any atom is 0.00761 e. The van der Waals surface area contributed by atoms with E-state index < -0.39 is 0 Å². The van der Waals surface area contributed by atoms with E-state index in [-0.39, 0.29) is 0 Å². The predicted octanol–water partition coefficient (Wildman–Crippen LogP) is 4.74. The molecule has 1 atom stereocenters. The Morgan fingerprint density at radius 2 is 1.43 bits per heavy atom. The molecule has 2 aromatic carbocycles. The molecule has 1 heteroatoms. The molecule has 0 radical (unpaired) electrons. The molecule has 0 saturated heterocycles. The van der Waals surface area contributed by atoms with Crippen molar-refractivity contribution in [3.63, 3.8) is 0 Å². The highest BCUT2D eigenvalue weighted by atomic mass is 14.8. The fraction of sp³-hybridized carbons (Fsp3) is 0.400. The van der Waals surface area contributed by atoms with Gasteiger partial charge in [-0.3, -0.25) is 0 Å². The minimum absolute atomic E-state index is 0.514. The van der Waals surface area contributed by atoms with Crippen LogP contribution in [0.2, 0.25) is 0 Å². The lowest BCUT2D eigenvalue weighted by Gasteiger charge is -2.16. The molecule has 0 spiro atoms. The standard InChI is InChI=1S/C20H27N/c1-13-11-14(2)17(5)20(16(13)4)19-9-7-18(8-10-19)12-15(3)21-6/h7-11,15,21H,12H2,1-6H3. The highest BCUT2D eigenvalue weighted by molar-refractivity contribution is 5.73. The summed E-state index contributed by atoms with van der Waals surface area (Å²) in [6.07, 6.45) is 1.07. The number of nitrogens with one attached hydrogen (secondary N) is 1. The van der Waals surface area contributed by atoms with Crippen LogP contribution in [0.15, 0.2) is 30.3 Å². The largest absolute Gasteiger partial charge is 0.317 e. The third-order valence-electron chi connectivity index (χ3n) is 4.64. The molecule has 1 unspecified atom stereocenters. The van der Waals surface area contributed by atoms with Crippen LogP contribution in [-0.2, 0) is 6.42 Å². The van der Waals surface area contributed by atoms with E-state index in [1.807, 2.05) is 7.05 Å². The van der Waals surface area contributed by atoms with E-state index in [9.17, 15) is 0 Å². The van der Waals surface area contributed by atoms with Gasteiger partial charge in [0.1, 0.15) is 0 Å². The zero-order valence-electron chi connectivity index (χ0n) is 14.2. The Morgan fingerprint density at radius 3 is 1.90 bits per heavy atom. The van der Waals surface area contributed by atoms with Gasteiger partial charge < -0.3 is 5.32 Å². The Kier molecular flexibility index (Phi) is 4.84. The summed E-state index contributed by atoms with van der Waals surface area (Å²) in [5, 5.41) is 3.29. The monoisotopic (exact) mass is 281 g/mol. The Balaban J connectivity index is 2.40. The summed E-state index contributed by atoms with van der Waals surface area (Å²) in [6, 6.07) is 11.9. The van der Waals surface area contributed by atoms with Crippen molar-refractivity contribution >= 4 is 0 Å². The molecule has 0 aliphatic heterocycles. The molecule has 2 rings (SSSR count). The van der Waals surface area contributed by atoms with Crippen LogP contribution in [0.5, 0.6) is 0 Å². The zero-order valence-corrected chi connectivity index (χ0v) is 14.2. The van der Waals surface area contributed by atoms with E-state index in [1.165, 1.54) is 38.9 Å². The number of benzene rings is 2. The third-order valence-corrected chi connectivity index (χ3v) is 4.64. The van der Waals surface area contributed by atoms with Gasteiger partial charge in [-0.25, -0.2) is 0 Å². The minimum atomic E-state index is 0.514. The van der Waals surface area contributed by atoms with E-state index in [0.717, 1.165) is 6.42 Å². The van der Waals surface area contributed by atoms with Crippen molar-refractivity contribution < 1.29 is 0 Å². The van der Waals surface area contributed by atoms with Gasteiger partial charge in [-0.2, -0.15) is 0 Å². The van der Waals surface area contributed by atoms with Crippen molar-refractivity contribution in [3.8, 4) is 11.1 Å². The van der Waals surface area contributed by atoms with Crippen molar-refractivity contribution in [3.05, 3.63) is 58.1 Å². The molecular weight excluding hydrogens is 254 g/mol. The van der Waals surface area contributed by atoms with Crippen LogP contribution < -0.4 is 5.32 Å². The number of likely N-dealkylation sites (N-methyl/N-ethyl adjacent to an activating group) is 1. The number of hydrogen-bond acceptors (Lipinski definition) is 1. The third kappa shape index (κ3) is 3.36. The Labute approximate surface area is 129 Å². The molecule has 1 N–H and O–H groups in total. The van der Waals surface area contributed by atoms with Crippen LogP contribution >= 0.6 is 0 Å². The lowest BCUT2D eigenvalue weighted by molar-refractivity contribution is 0.608. The second kappa shape index (κ2) is 6.44. The van der Waals surface area contributed by atoms with Gasteiger partial charge in [0.25, 0.3) is 0 Å². The van der Waals surface area contributed by atoms with Gasteiger partial charge in [-0.05, 0) is 87.0 Å². The molecule has 0 aliphatic carbocycles. The average molecular weight is 281 g/mol. The van der Waals surface area contributed by atoms with E-state index in [0.29, 0.717) is 6.04 Å². The van der Waals surface area contributed by atoms with E-state index >= 15 is 0 Å². The van der Waals surface area contributed by atoms with Crippen LogP contribution in [0.3, 0.4) is 0 Å². The highest BCUT2D eigenvalue weighted by Crippen LogP contribution is 2.31. The predicted molar refractivity (Wildman–Crippen MR) is 93.1 cm³/mol. The quantitative estimate of drug-likeness (QED) is 0.853. The van der Waals surface area contributed by atoms with Crippen molar-refractivity contribution in [1.29, 1.82) is 0 Å². The van der Waals surface area contributed by atoms with Crippen LogP contribution in [0.4, 0.5) is 0 Å². The molecule has 0 aliphatic rings. The first-order chi connectivity index (χ1) is 9.93. The lowest BCUT2D eigenvalue weighted by Crippen LogP contribution is -2.23. The first-order valence-electron chi connectivity index (χ1n) is 7.78. The average Bonchev–Trinajstić information content (AvgIpc) is 2.47. The smallest absolute Gasteiger partial charge is 0.00761 e. The van der Waals surface area contributed by atoms with Crippen LogP contribution in [-0.4, -0.2) is 13.1 Å². The molecule has 1 nitrogen and oxygen atoms in total. The Hall–Kier alpha value is -1.60. The minimum Gasteiger partial charge on any atom is -0.317 e. The van der Waals surface area contributed by atoms with Crippen molar-refractivity contribution in [2.45, 2.75) is 47.1 Å². The first-order valence-corrected chi connectivity index (χ1v) is 7.78. The van der Waals surface area contributed by atoms with Gasteiger partial charge in [0, 0.05) is 6.04 Å². The summed E-state index contributed by atoms with van der Waals surface area (Å²) in [6.45, 7) is 11.1. The molecule has 0 amide bonds. The van der Waals surface area contributed by atoms with Crippen molar-refractivity contribution in [1.82, 2.24) is 5.32 Å². The van der Waals surface area contributed by atoms with Crippen LogP contribution in [0.25, 0.3) is 11.1 Å². The number of rotatable bonds is 4. The van der Waals surface area contributed by atoms with Crippen LogP contribution in [0, 0.1) is 27.7 Å². The van der Waals surface area contributed by atoms with Crippen LogP contribution in [0.1, 0.15) is 34.7 Å². The van der Waals surface area contributed by atoms with Crippen molar-refractivity contribution in [2.24, 2.45) is 0 Å². The summed E-state index contributed by atoms with van der Waals surface area (Å²) in [7, 11) is 2.02. The summed E-state index contributed by atoms with van der Waals surface area (Å²) < 4.78 is 0. The molecule has 21 heavy (non-hydrogen) atoms. The zero-order chi connectivity index (χ0) is 15.6. The topological polar surface area (TPSA) is 12.0 Å². The molecule has 0 fully saturated rings. The molecule has 0 aromatic heterocycles. The summed E-state index contributed by atoms with van der Waals surface area (Å²) in [4.78, 5) is 0. The van der Waals surface area contributed by atoms with Crippen molar-refractivity contribution in [2.75, 3.05) is 7.05 Å². The summed E-state index contributed by atoms with van der Waals surface area (Å²) in [5.74, 6) is 0. The van der Waals surface area contributed by atoms with Gasteiger partial charge >= 0.3 is 0 Å². The fourth-order valence-electron chi connectivity index (χ4n) is 2.91. The normalized spacial score (nSPS) is 12.5. The molecule has 0 saturated carbocycles. The Bertz CT molecular complexity index is 597. The second-order valence-corrected chi connectivity index (χ2v) is 6.23. The van der Waals surface area contributed by atoms with E-state index in [1.54, 1.807) is 0 Å². The Morgan fingerprint density at radius 1 is 0.905 bits per heavy atom. The summed E-state index contributed by atoms with van der Waals surface area (Å²) >= 11 is 0. The second-order valence-electron chi connectivity index (χ2n) is 6.23. The molecule has 0 heterocycles. The van der Waals surface area contributed by atoms with E-state index in [2.05, 4.69) is 70.3 Å². The maximum absolute atomic E-state index is 3.29. The first kappa shape index (κ1) is 15.8. The molecule has 2 aromatic rings. The fourth-order valence-corrected chi connectivity index (χ4v) is 2.91.